The van der Waals surface area contributed by atoms with Crippen LogP contribution in [0.4, 0.5) is 17.1 Å². The third kappa shape index (κ3) is 6.95. The van der Waals surface area contributed by atoms with Crippen LogP contribution in [-0.2, 0) is 11.2 Å². The Morgan fingerprint density at radius 1 is 0.765 bits per heavy atom. The minimum atomic E-state index is -1.53. The Kier molecular flexibility index (Phi) is 8.48. The average Bonchev–Trinajstić information content (AvgIpc) is 2.80. The van der Waals surface area contributed by atoms with Crippen LogP contribution in [0, 0.1) is 30.3 Å². The van der Waals surface area contributed by atoms with E-state index in [1.807, 2.05) is 60.7 Å². The van der Waals surface area contributed by atoms with Gasteiger partial charge in [0.05, 0.1) is 33.3 Å². The van der Waals surface area contributed by atoms with E-state index in [9.17, 15) is 40.2 Å². The Labute approximate surface area is 191 Å². The molecule has 0 saturated heterocycles. The molecule has 0 aliphatic rings. The van der Waals surface area contributed by atoms with Gasteiger partial charge in [0, 0.05) is 5.56 Å². The molecule has 3 rings (SSSR count). The molecule has 0 aliphatic carbocycles. The SMILES string of the molecule is O=C(O)Cc1c([N+](=O)[O-])cc([N+](=O)[O-])cc1[N+](=O)[O-].OC(=Cc1ccccc1)c1ccccc1. The van der Waals surface area contributed by atoms with Gasteiger partial charge in [-0.05, 0) is 11.6 Å². The summed E-state index contributed by atoms with van der Waals surface area (Å²) in [6, 6.07) is 20.3. The van der Waals surface area contributed by atoms with Crippen molar-refractivity contribution in [1.82, 2.24) is 0 Å². The molecule has 0 heterocycles. The van der Waals surface area contributed by atoms with E-state index >= 15 is 0 Å². The first kappa shape index (κ1) is 25.1. The fraction of sp³-hybridized carbons (Fsp3) is 0.0455. The predicted molar refractivity (Wildman–Crippen MR) is 121 cm³/mol. The molecular formula is C22H17N3O9. The van der Waals surface area contributed by atoms with Crippen LogP contribution in [0.3, 0.4) is 0 Å². The van der Waals surface area contributed by atoms with Crippen LogP contribution in [-0.4, -0.2) is 31.0 Å². The number of aliphatic hydroxyl groups excluding tert-OH is 1. The number of carboxylic acid groups (broad SMARTS) is 1. The molecular weight excluding hydrogens is 450 g/mol. The first-order chi connectivity index (χ1) is 16.1. The number of non-ortho nitro benzene ring substituents is 1. The summed E-state index contributed by atoms with van der Waals surface area (Å²) in [4.78, 5) is 39.3. The second-order valence-electron chi connectivity index (χ2n) is 6.61. The molecule has 0 unspecified atom stereocenters. The summed E-state index contributed by atoms with van der Waals surface area (Å²) in [7, 11) is 0. The Hall–Kier alpha value is -5.13. The van der Waals surface area contributed by atoms with Crippen molar-refractivity contribution in [2.75, 3.05) is 0 Å². The predicted octanol–water partition coefficient (Wildman–Crippen LogP) is 4.78. The fourth-order valence-electron chi connectivity index (χ4n) is 2.79. The number of nitro groups is 3. The lowest BCUT2D eigenvalue weighted by molar-refractivity contribution is -0.404. The number of carbonyl (C=O) groups is 1. The Morgan fingerprint density at radius 2 is 1.24 bits per heavy atom. The van der Waals surface area contributed by atoms with Gasteiger partial charge >= 0.3 is 5.97 Å². The van der Waals surface area contributed by atoms with Gasteiger partial charge in [-0.15, -0.1) is 0 Å². The van der Waals surface area contributed by atoms with Crippen molar-refractivity contribution in [3.63, 3.8) is 0 Å². The number of benzene rings is 3. The minimum absolute atomic E-state index is 0.293. The zero-order valence-electron chi connectivity index (χ0n) is 17.3. The molecule has 3 aromatic carbocycles. The van der Waals surface area contributed by atoms with Crippen molar-refractivity contribution >= 4 is 34.9 Å². The number of hydrogen-bond acceptors (Lipinski definition) is 8. The molecule has 0 aromatic heterocycles. The number of nitro benzene ring substituents is 3. The smallest absolute Gasteiger partial charge is 0.308 e. The maximum atomic E-state index is 10.7. The maximum absolute atomic E-state index is 10.7. The van der Waals surface area contributed by atoms with Gasteiger partial charge < -0.3 is 10.2 Å². The summed E-state index contributed by atoms with van der Waals surface area (Å²) in [5, 5.41) is 50.4. The highest BCUT2D eigenvalue weighted by atomic mass is 16.6. The summed E-state index contributed by atoms with van der Waals surface area (Å²) in [5.41, 5.74) is -1.65. The molecule has 2 N–H and O–H groups in total. The number of carboxylic acids is 1. The summed E-state index contributed by atoms with van der Waals surface area (Å²) >= 11 is 0. The summed E-state index contributed by atoms with van der Waals surface area (Å²) < 4.78 is 0. The summed E-state index contributed by atoms with van der Waals surface area (Å²) in [6.07, 6.45) is 0.778. The molecule has 0 atom stereocenters. The summed E-state index contributed by atoms with van der Waals surface area (Å²) in [5.74, 6) is -1.23. The highest BCUT2D eigenvalue weighted by Gasteiger charge is 2.31. The molecule has 0 spiro atoms. The van der Waals surface area contributed by atoms with Crippen molar-refractivity contribution in [2.45, 2.75) is 6.42 Å². The first-order valence-electron chi connectivity index (χ1n) is 9.43. The maximum Gasteiger partial charge on any atom is 0.308 e. The minimum Gasteiger partial charge on any atom is -0.507 e. The molecule has 0 amide bonds. The lowest BCUT2D eigenvalue weighted by Crippen LogP contribution is -2.08. The van der Waals surface area contributed by atoms with Crippen LogP contribution >= 0.6 is 0 Å². The molecule has 0 saturated carbocycles. The zero-order chi connectivity index (χ0) is 25.3. The Balaban J connectivity index is 0.000000246. The molecule has 0 radical (unpaired) electrons. The summed E-state index contributed by atoms with van der Waals surface area (Å²) in [6.45, 7) is 0. The molecule has 12 nitrogen and oxygen atoms in total. The van der Waals surface area contributed by atoms with Crippen molar-refractivity contribution in [1.29, 1.82) is 0 Å². The lowest BCUT2D eigenvalue weighted by atomic mass is 10.1. The van der Waals surface area contributed by atoms with Gasteiger partial charge in [-0.25, -0.2) is 0 Å². The lowest BCUT2D eigenvalue weighted by Gasteiger charge is -2.02. The molecule has 3 aromatic rings. The molecule has 0 bridgehead atoms. The Morgan fingerprint density at radius 3 is 1.65 bits per heavy atom. The standard InChI is InChI=1S/C14H12O.C8H5N3O8/c15-14(13-9-5-2-6-10-13)11-12-7-3-1-4-8-12;12-8(13)3-5-6(10(16)17)1-4(9(14)15)2-7(5)11(18)19/h1-11,15H;1-2H,3H2,(H,12,13). The third-order valence-corrected chi connectivity index (χ3v) is 4.29. The first-order valence-corrected chi connectivity index (χ1v) is 9.43. The van der Waals surface area contributed by atoms with E-state index in [2.05, 4.69) is 0 Å². The number of rotatable bonds is 7. The van der Waals surface area contributed by atoms with Gasteiger partial charge in [-0.2, -0.15) is 0 Å². The van der Waals surface area contributed by atoms with Crippen LogP contribution < -0.4 is 0 Å². The van der Waals surface area contributed by atoms with Crippen molar-refractivity contribution < 1.29 is 29.8 Å². The highest BCUT2D eigenvalue weighted by Crippen LogP contribution is 2.33. The van der Waals surface area contributed by atoms with E-state index in [0.29, 0.717) is 17.9 Å². The second kappa shape index (κ2) is 11.5. The van der Waals surface area contributed by atoms with E-state index in [4.69, 9.17) is 5.11 Å². The van der Waals surface area contributed by atoms with Crippen LogP contribution in [0.1, 0.15) is 16.7 Å². The van der Waals surface area contributed by atoms with Gasteiger partial charge in [0.25, 0.3) is 17.1 Å². The number of nitrogens with zero attached hydrogens (tertiary/aromatic N) is 3. The van der Waals surface area contributed by atoms with Crippen LogP contribution in [0.2, 0.25) is 0 Å². The van der Waals surface area contributed by atoms with Gasteiger partial charge in [0.2, 0.25) is 0 Å². The zero-order valence-corrected chi connectivity index (χ0v) is 17.3. The normalized spacial score (nSPS) is 10.5. The second-order valence-corrected chi connectivity index (χ2v) is 6.61. The third-order valence-electron chi connectivity index (χ3n) is 4.29. The quantitative estimate of drug-likeness (QED) is 0.213. The molecule has 0 aliphatic heterocycles. The van der Waals surface area contributed by atoms with Gasteiger partial charge in [-0.1, -0.05) is 60.7 Å². The average molecular weight is 467 g/mol. The number of aliphatic carboxylic acids is 1. The van der Waals surface area contributed by atoms with E-state index in [-0.39, 0.29) is 0 Å². The number of aliphatic hydroxyl groups is 1. The monoisotopic (exact) mass is 467 g/mol. The fourth-order valence-corrected chi connectivity index (χ4v) is 2.79. The van der Waals surface area contributed by atoms with Crippen LogP contribution in [0.15, 0.2) is 72.8 Å². The van der Waals surface area contributed by atoms with Crippen molar-refractivity contribution in [3.05, 3.63) is 120 Å². The molecule has 174 valence electrons. The van der Waals surface area contributed by atoms with E-state index in [0.717, 1.165) is 11.1 Å². The van der Waals surface area contributed by atoms with Crippen LogP contribution in [0.25, 0.3) is 11.8 Å². The van der Waals surface area contributed by atoms with Crippen molar-refractivity contribution in [3.8, 4) is 0 Å². The van der Waals surface area contributed by atoms with E-state index in [1.54, 1.807) is 6.08 Å². The molecule has 34 heavy (non-hydrogen) atoms. The molecule has 0 fully saturated rings. The topological polar surface area (TPSA) is 187 Å². The number of hydrogen-bond donors (Lipinski definition) is 2. The largest absolute Gasteiger partial charge is 0.507 e. The van der Waals surface area contributed by atoms with E-state index in [1.165, 1.54) is 0 Å². The van der Waals surface area contributed by atoms with Crippen molar-refractivity contribution in [2.24, 2.45) is 0 Å². The van der Waals surface area contributed by atoms with Gasteiger partial charge in [0.1, 0.15) is 11.3 Å². The van der Waals surface area contributed by atoms with Gasteiger partial charge in [0.15, 0.2) is 0 Å². The van der Waals surface area contributed by atoms with Crippen LogP contribution in [0.5, 0.6) is 0 Å². The molecule has 12 heteroatoms. The highest BCUT2D eigenvalue weighted by molar-refractivity contribution is 5.76. The van der Waals surface area contributed by atoms with E-state index < -0.39 is 49.8 Å². The Bertz CT molecular complexity index is 1210. The van der Waals surface area contributed by atoms with Gasteiger partial charge in [-0.3, -0.25) is 35.1 Å².